The Balaban J connectivity index is 2.10. The highest BCUT2D eigenvalue weighted by atomic mass is 35.5. The molecule has 0 atom stereocenters. The van der Waals surface area contributed by atoms with E-state index in [0.29, 0.717) is 17.9 Å². The van der Waals surface area contributed by atoms with Crippen molar-refractivity contribution in [3.8, 4) is 0 Å². The SMILES string of the molecule is Cc1ccc(C)c(C(=O)CCc2cc(F)cc(Cl)c2)c1. The van der Waals surface area contributed by atoms with Crippen molar-refractivity contribution in [1.82, 2.24) is 0 Å². The van der Waals surface area contributed by atoms with Gasteiger partial charge in [0.05, 0.1) is 0 Å². The van der Waals surface area contributed by atoms with Gasteiger partial charge in [-0.3, -0.25) is 4.79 Å². The lowest BCUT2D eigenvalue weighted by atomic mass is 9.97. The molecule has 2 aromatic rings. The molecule has 0 unspecified atom stereocenters. The fourth-order valence-electron chi connectivity index (χ4n) is 2.18. The first-order chi connectivity index (χ1) is 9.45. The summed E-state index contributed by atoms with van der Waals surface area (Å²) < 4.78 is 13.2. The molecule has 3 heteroatoms. The van der Waals surface area contributed by atoms with Gasteiger partial charge in [-0.2, -0.15) is 0 Å². The average molecular weight is 291 g/mol. The lowest BCUT2D eigenvalue weighted by Crippen LogP contribution is -2.04. The number of benzene rings is 2. The van der Waals surface area contributed by atoms with Gasteiger partial charge in [0.2, 0.25) is 0 Å². The first-order valence-electron chi connectivity index (χ1n) is 6.51. The van der Waals surface area contributed by atoms with E-state index < -0.39 is 0 Å². The van der Waals surface area contributed by atoms with Gasteiger partial charge in [-0.05, 0) is 55.7 Å². The number of aryl methyl sites for hydroxylation is 3. The monoisotopic (exact) mass is 290 g/mol. The van der Waals surface area contributed by atoms with E-state index in [1.165, 1.54) is 12.1 Å². The average Bonchev–Trinajstić information content (AvgIpc) is 2.38. The molecule has 0 radical (unpaired) electrons. The third kappa shape index (κ3) is 3.67. The molecule has 0 aliphatic rings. The molecule has 20 heavy (non-hydrogen) atoms. The summed E-state index contributed by atoms with van der Waals surface area (Å²) in [6.07, 6.45) is 0.841. The van der Waals surface area contributed by atoms with Crippen molar-refractivity contribution in [2.45, 2.75) is 26.7 Å². The molecule has 0 amide bonds. The van der Waals surface area contributed by atoms with Crippen molar-refractivity contribution in [1.29, 1.82) is 0 Å². The molecule has 0 aromatic heterocycles. The largest absolute Gasteiger partial charge is 0.294 e. The van der Waals surface area contributed by atoms with Crippen LogP contribution in [0.2, 0.25) is 5.02 Å². The Bertz CT molecular complexity index is 629. The van der Waals surface area contributed by atoms with Crippen LogP contribution in [0.1, 0.15) is 33.5 Å². The number of hydrogen-bond donors (Lipinski definition) is 0. The minimum absolute atomic E-state index is 0.0755. The van der Waals surface area contributed by atoms with Gasteiger partial charge in [0.25, 0.3) is 0 Å². The highest BCUT2D eigenvalue weighted by Crippen LogP contribution is 2.18. The molecule has 0 spiro atoms. The summed E-state index contributed by atoms with van der Waals surface area (Å²) in [5.41, 5.74) is 3.52. The molecule has 0 N–H and O–H groups in total. The number of hydrogen-bond acceptors (Lipinski definition) is 1. The van der Waals surface area contributed by atoms with Crippen LogP contribution in [-0.4, -0.2) is 5.78 Å². The third-order valence-corrected chi connectivity index (χ3v) is 3.47. The first-order valence-corrected chi connectivity index (χ1v) is 6.89. The van der Waals surface area contributed by atoms with Crippen molar-refractivity contribution < 1.29 is 9.18 Å². The number of Topliss-reactive ketones (excluding diaryl/α,β-unsaturated/α-hetero) is 1. The molecular formula is C17H16ClFO. The highest BCUT2D eigenvalue weighted by molar-refractivity contribution is 6.30. The summed E-state index contributed by atoms with van der Waals surface area (Å²) in [5, 5.41) is 0.360. The van der Waals surface area contributed by atoms with Gasteiger partial charge in [-0.15, -0.1) is 0 Å². The van der Waals surface area contributed by atoms with E-state index in [4.69, 9.17) is 11.6 Å². The van der Waals surface area contributed by atoms with E-state index >= 15 is 0 Å². The van der Waals surface area contributed by atoms with Gasteiger partial charge in [-0.1, -0.05) is 29.3 Å². The van der Waals surface area contributed by atoms with E-state index in [0.717, 1.165) is 22.3 Å². The molecule has 2 aromatic carbocycles. The molecule has 0 saturated heterocycles. The molecule has 0 heterocycles. The van der Waals surface area contributed by atoms with Crippen LogP contribution in [0.3, 0.4) is 0 Å². The normalized spacial score (nSPS) is 10.6. The fraction of sp³-hybridized carbons (Fsp3) is 0.235. The number of ketones is 1. The maximum atomic E-state index is 13.2. The zero-order chi connectivity index (χ0) is 14.7. The Kier molecular flexibility index (Phi) is 4.56. The van der Waals surface area contributed by atoms with E-state index in [1.807, 2.05) is 32.0 Å². The standard InChI is InChI=1S/C17H16ClFO/c1-11-3-4-12(2)16(7-11)17(20)6-5-13-8-14(18)10-15(19)9-13/h3-4,7-10H,5-6H2,1-2H3. The van der Waals surface area contributed by atoms with Crippen LogP contribution in [0.15, 0.2) is 36.4 Å². The van der Waals surface area contributed by atoms with Crippen LogP contribution in [0, 0.1) is 19.7 Å². The maximum Gasteiger partial charge on any atom is 0.163 e. The maximum absolute atomic E-state index is 13.2. The Morgan fingerprint density at radius 2 is 1.90 bits per heavy atom. The van der Waals surface area contributed by atoms with Crippen molar-refractivity contribution in [2.24, 2.45) is 0 Å². The van der Waals surface area contributed by atoms with E-state index in [2.05, 4.69) is 0 Å². The molecule has 0 aliphatic carbocycles. The van der Waals surface area contributed by atoms with Crippen molar-refractivity contribution in [3.63, 3.8) is 0 Å². The second kappa shape index (κ2) is 6.19. The quantitative estimate of drug-likeness (QED) is 0.731. The van der Waals surface area contributed by atoms with Crippen LogP contribution >= 0.6 is 11.6 Å². The van der Waals surface area contributed by atoms with Gasteiger partial charge in [-0.25, -0.2) is 4.39 Å². The third-order valence-electron chi connectivity index (χ3n) is 3.26. The van der Waals surface area contributed by atoms with Gasteiger partial charge in [0.15, 0.2) is 5.78 Å². The molecular weight excluding hydrogens is 275 g/mol. The summed E-state index contributed by atoms with van der Waals surface area (Å²) >= 11 is 5.80. The number of carbonyl (C=O) groups is 1. The zero-order valence-corrected chi connectivity index (χ0v) is 12.3. The fourth-order valence-corrected chi connectivity index (χ4v) is 2.43. The minimum atomic E-state index is -0.369. The van der Waals surface area contributed by atoms with Gasteiger partial charge in [0.1, 0.15) is 5.82 Å². The predicted molar refractivity (Wildman–Crippen MR) is 80.0 cm³/mol. The molecule has 0 saturated carbocycles. The van der Waals surface area contributed by atoms with Crippen LogP contribution in [0.5, 0.6) is 0 Å². The molecule has 104 valence electrons. The smallest absolute Gasteiger partial charge is 0.163 e. The second-order valence-electron chi connectivity index (χ2n) is 5.02. The molecule has 2 rings (SSSR count). The molecule has 1 nitrogen and oxygen atoms in total. The molecule has 0 fully saturated rings. The summed E-state index contributed by atoms with van der Waals surface area (Å²) in [5.74, 6) is -0.293. The number of carbonyl (C=O) groups excluding carboxylic acids is 1. The number of halogens is 2. The lowest BCUT2D eigenvalue weighted by molar-refractivity contribution is 0.0982. The van der Waals surface area contributed by atoms with Crippen molar-refractivity contribution >= 4 is 17.4 Å². The van der Waals surface area contributed by atoms with Crippen molar-refractivity contribution in [3.05, 3.63) is 69.5 Å². The molecule has 0 aliphatic heterocycles. The Morgan fingerprint density at radius 3 is 2.60 bits per heavy atom. The second-order valence-corrected chi connectivity index (χ2v) is 5.46. The van der Waals surface area contributed by atoms with Gasteiger partial charge >= 0.3 is 0 Å². The lowest BCUT2D eigenvalue weighted by Gasteiger charge is -2.07. The van der Waals surface area contributed by atoms with Crippen LogP contribution in [0.4, 0.5) is 4.39 Å². The molecule has 0 bridgehead atoms. The first kappa shape index (κ1) is 14.7. The summed E-state index contributed by atoms with van der Waals surface area (Å²) in [6.45, 7) is 3.88. The topological polar surface area (TPSA) is 17.1 Å². The summed E-state index contributed by atoms with van der Waals surface area (Å²) in [4.78, 5) is 12.2. The van der Waals surface area contributed by atoms with E-state index in [-0.39, 0.29) is 11.6 Å². The van der Waals surface area contributed by atoms with E-state index in [9.17, 15) is 9.18 Å². The summed E-state index contributed by atoms with van der Waals surface area (Å²) in [6, 6.07) is 10.2. The van der Waals surface area contributed by atoms with Gasteiger partial charge in [0, 0.05) is 17.0 Å². The van der Waals surface area contributed by atoms with Crippen LogP contribution < -0.4 is 0 Å². The zero-order valence-electron chi connectivity index (χ0n) is 11.5. The predicted octanol–water partition coefficient (Wildman–Crippen LogP) is 4.91. The Labute approximate surface area is 123 Å². The minimum Gasteiger partial charge on any atom is -0.294 e. The van der Waals surface area contributed by atoms with Crippen LogP contribution in [-0.2, 0) is 6.42 Å². The highest BCUT2D eigenvalue weighted by Gasteiger charge is 2.10. The number of rotatable bonds is 4. The summed E-state index contributed by atoms with van der Waals surface area (Å²) in [7, 11) is 0. The van der Waals surface area contributed by atoms with Crippen LogP contribution in [0.25, 0.3) is 0 Å². The Morgan fingerprint density at radius 1 is 1.15 bits per heavy atom. The van der Waals surface area contributed by atoms with Gasteiger partial charge < -0.3 is 0 Å². The van der Waals surface area contributed by atoms with Crippen molar-refractivity contribution in [2.75, 3.05) is 0 Å². The Hall–Kier alpha value is -1.67. The van der Waals surface area contributed by atoms with E-state index in [1.54, 1.807) is 6.07 Å².